The average Bonchev–Trinajstić information content (AvgIpc) is 2.67. The highest BCUT2D eigenvalue weighted by atomic mass is 32.2. The van der Waals surface area contributed by atoms with Gasteiger partial charge in [0.15, 0.2) is 0 Å². The van der Waals surface area contributed by atoms with Crippen LogP contribution < -0.4 is 5.32 Å². The van der Waals surface area contributed by atoms with Crippen LogP contribution in [0, 0.1) is 11.7 Å². The van der Waals surface area contributed by atoms with Crippen LogP contribution >= 0.6 is 11.8 Å². The molecule has 1 aromatic heterocycles. The van der Waals surface area contributed by atoms with E-state index in [9.17, 15) is 9.18 Å². The van der Waals surface area contributed by atoms with Crippen LogP contribution in [-0.4, -0.2) is 41.2 Å². The van der Waals surface area contributed by atoms with Gasteiger partial charge in [-0.2, -0.15) is 0 Å². The molecule has 0 bridgehead atoms. The van der Waals surface area contributed by atoms with Crippen LogP contribution in [0.15, 0.2) is 53.7 Å². The minimum absolute atomic E-state index is 0.0215. The molecule has 1 aliphatic rings. The molecule has 1 aliphatic heterocycles. The van der Waals surface area contributed by atoms with E-state index in [-0.39, 0.29) is 23.7 Å². The second-order valence-corrected chi connectivity index (χ2v) is 7.30. The molecule has 1 saturated heterocycles. The molecule has 1 N–H and O–H groups in total. The summed E-state index contributed by atoms with van der Waals surface area (Å²) in [5.74, 6) is 0.486. The van der Waals surface area contributed by atoms with Gasteiger partial charge in [0, 0.05) is 48.6 Å². The van der Waals surface area contributed by atoms with Gasteiger partial charge < -0.3 is 10.2 Å². The van der Waals surface area contributed by atoms with Gasteiger partial charge in [-0.15, -0.1) is 11.8 Å². The van der Waals surface area contributed by atoms with Crippen LogP contribution in [-0.2, 0) is 4.79 Å². The first-order valence-electron chi connectivity index (χ1n) is 8.44. The van der Waals surface area contributed by atoms with Crippen LogP contribution in [0.25, 0.3) is 0 Å². The lowest BCUT2D eigenvalue weighted by Crippen LogP contribution is -2.50. The van der Waals surface area contributed by atoms with Crippen LogP contribution in [0.3, 0.4) is 0 Å². The molecular weight excluding hydrogens is 337 g/mol. The number of nitrogens with one attached hydrogen (secondary N) is 1. The van der Waals surface area contributed by atoms with Gasteiger partial charge in [0.05, 0.1) is 6.04 Å². The number of nitrogens with zero attached hydrogens (tertiary/aromatic N) is 2. The summed E-state index contributed by atoms with van der Waals surface area (Å²) < 4.78 is 13.0. The molecule has 3 rings (SSSR count). The molecular formula is C19H22FN3OS. The van der Waals surface area contributed by atoms with Crippen molar-refractivity contribution >= 4 is 17.7 Å². The van der Waals surface area contributed by atoms with E-state index in [0.717, 1.165) is 23.5 Å². The molecule has 1 fully saturated rings. The maximum atomic E-state index is 13.0. The molecule has 0 radical (unpaired) electrons. The monoisotopic (exact) mass is 359 g/mol. The van der Waals surface area contributed by atoms with E-state index in [1.807, 2.05) is 30.2 Å². The summed E-state index contributed by atoms with van der Waals surface area (Å²) in [5, 5.41) is 3.36. The highest BCUT2D eigenvalue weighted by Crippen LogP contribution is 2.26. The molecule has 0 spiro atoms. The van der Waals surface area contributed by atoms with E-state index in [2.05, 4.69) is 10.3 Å². The van der Waals surface area contributed by atoms with Crippen LogP contribution in [0.1, 0.15) is 18.5 Å². The Morgan fingerprint density at radius 2 is 2.20 bits per heavy atom. The third-order valence-electron chi connectivity index (χ3n) is 4.33. The molecule has 6 heteroatoms. The number of carbonyl (C=O) groups is 1. The zero-order valence-corrected chi connectivity index (χ0v) is 15.0. The Balaban J connectivity index is 1.64. The Morgan fingerprint density at radius 3 is 2.92 bits per heavy atom. The third-order valence-corrected chi connectivity index (χ3v) is 5.60. The molecule has 25 heavy (non-hydrogen) atoms. The fraction of sp³-hybridized carbons (Fsp3) is 0.368. The number of carbonyl (C=O) groups excluding carboxylic acids is 1. The van der Waals surface area contributed by atoms with Crippen molar-refractivity contribution in [3.05, 3.63) is 60.2 Å². The summed E-state index contributed by atoms with van der Waals surface area (Å²) in [6.45, 7) is 4.21. The molecule has 4 nitrogen and oxygen atoms in total. The van der Waals surface area contributed by atoms with Crippen LogP contribution in [0.4, 0.5) is 4.39 Å². The Hall–Kier alpha value is -1.92. The van der Waals surface area contributed by atoms with Gasteiger partial charge in [-0.25, -0.2) is 4.39 Å². The zero-order chi connectivity index (χ0) is 17.6. The van der Waals surface area contributed by atoms with Crippen LogP contribution in [0.2, 0.25) is 0 Å². The van der Waals surface area contributed by atoms with Crippen molar-refractivity contribution in [2.24, 2.45) is 5.92 Å². The standard InChI is InChI=1S/C19H22FN3OS/c1-14(13-25-17-6-4-16(20)5-7-17)19(24)23-10-9-22-12-18(23)15-3-2-8-21-11-15/h2-8,11,14,18,22H,9-10,12-13H2,1H3. The summed E-state index contributed by atoms with van der Waals surface area (Å²) in [6.07, 6.45) is 3.57. The normalized spacial score (nSPS) is 18.8. The number of amides is 1. The van der Waals surface area contributed by atoms with Gasteiger partial charge in [-0.3, -0.25) is 9.78 Å². The Labute approximate surface area is 151 Å². The number of rotatable bonds is 5. The molecule has 0 saturated carbocycles. The first kappa shape index (κ1) is 17.9. The largest absolute Gasteiger partial charge is 0.333 e. The summed E-state index contributed by atoms with van der Waals surface area (Å²) in [6, 6.07) is 10.3. The summed E-state index contributed by atoms with van der Waals surface area (Å²) in [5.41, 5.74) is 1.06. The molecule has 0 aliphatic carbocycles. The quantitative estimate of drug-likeness (QED) is 0.833. The number of pyridine rings is 1. The SMILES string of the molecule is CC(CSc1ccc(F)cc1)C(=O)N1CCNCC1c1cccnc1. The summed E-state index contributed by atoms with van der Waals surface area (Å²) in [4.78, 5) is 20.1. The third kappa shape index (κ3) is 4.58. The van der Waals surface area contributed by atoms with Crippen molar-refractivity contribution in [2.45, 2.75) is 17.9 Å². The number of benzene rings is 1. The molecule has 1 amide bonds. The van der Waals surface area contributed by atoms with E-state index in [1.165, 1.54) is 12.1 Å². The number of piperazine rings is 1. The van der Waals surface area contributed by atoms with Gasteiger partial charge in [-0.1, -0.05) is 13.0 Å². The first-order valence-corrected chi connectivity index (χ1v) is 9.43. The van der Waals surface area contributed by atoms with E-state index >= 15 is 0 Å². The second-order valence-electron chi connectivity index (χ2n) is 6.20. The average molecular weight is 359 g/mol. The topological polar surface area (TPSA) is 45.2 Å². The lowest BCUT2D eigenvalue weighted by Gasteiger charge is -2.37. The van der Waals surface area contributed by atoms with E-state index in [0.29, 0.717) is 12.3 Å². The summed E-state index contributed by atoms with van der Waals surface area (Å²) >= 11 is 1.58. The Bertz CT molecular complexity index is 696. The fourth-order valence-corrected chi connectivity index (χ4v) is 3.86. The second kappa shape index (κ2) is 8.45. The highest BCUT2D eigenvalue weighted by molar-refractivity contribution is 7.99. The number of halogens is 1. The molecule has 2 atom stereocenters. The first-order chi connectivity index (χ1) is 12.1. The molecule has 1 aromatic carbocycles. The minimum Gasteiger partial charge on any atom is -0.333 e. The predicted octanol–water partition coefficient (Wildman–Crippen LogP) is 3.12. The van der Waals surface area contributed by atoms with Crippen molar-refractivity contribution in [1.29, 1.82) is 0 Å². The number of aromatic nitrogens is 1. The number of hydrogen-bond acceptors (Lipinski definition) is 4. The number of thioether (sulfide) groups is 1. The Kier molecular flexibility index (Phi) is 6.04. The van der Waals surface area contributed by atoms with Crippen LogP contribution in [0.5, 0.6) is 0 Å². The summed E-state index contributed by atoms with van der Waals surface area (Å²) in [7, 11) is 0. The number of hydrogen-bond donors (Lipinski definition) is 1. The van der Waals surface area contributed by atoms with Crippen molar-refractivity contribution < 1.29 is 9.18 Å². The molecule has 2 unspecified atom stereocenters. The zero-order valence-electron chi connectivity index (χ0n) is 14.2. The lowest BCUT2D eigenvalue weighted by molar-refractivity contribution is -0.137. The van der Waals surface area contributed by atoms with Gasteiger partial charge >= 0.3 is 0 Å². The fourth-order valence-electron chi connectivity index (χ4n) is 2.95. The van der Waals surface area contributed by atoms with Gasteiger partial charge in [0.2, 0.25) is 5.91 Å². The van der Waals surface area contributed by atoms with Gasteiger partial charge in [0.25, 0.3) is 0 Å². The van der Waals surface area contributed by atoms with Crippen molar-refractivity contribution in [3.63, 3.8) is 0 Å². The molecule has 132 valence electrons. The van der Waals surface area contributed by atoms with Crippen molar-refractivity contribution in [2.75, 3.05) is 25.4 Å². The smallest absolute Gasteiger partial charge is 0.226 e. The van der Waals surface area contributed by atoms with Gasteiger partial charge in [-0.05, 0) is 35.9 Å². The van der Waals surface area contributed by atoms with Crippen molar-refractivity contribution in [1.82, 2.24) is 15.2 Å². The van der Waals surface area contributed by atoms with E-state index in [4.69, 9.17) is 0 Å². The maximum Gasteiger partial charge on any atom is 0.226 e. The van der Waals surface area contributed by atoms with E-state index in [1.54, 1.807) is 30.1 Å². The lowest BCUT2D eigenvalue weighted by atomic mass is 10.0. The minimum atomic E-state index is -0.242. The van der Waals surface area contributed by atoms with Gasteiger partial charge in [0.1, 0.15) is 5.82 Å². The molecule has 2 heterocycles. The predicted molar refractivity (Wildman–Crippen MR) is 97.8 cm³/mol. The maximum absolute atomic E-state index is 13.0. The Morgan fingerprint density at radius 1 is 1.40 bits per heavy atom. The molecule has 2 aromatic rings. The van der Waals surface area contributed by atoms with Crippen molar-refractivity contribution in [3.8, 4) is 0 Å². The van der Waals surface area contributed by atoms with E-state index < -0.39 is 0 Å². The highest BCUT2D eigenvalue weighted by Gasteiger charge is 2.30.